The van der Waals surface area contributed by atoms with Gasteiger partial charge in [0.2, 0.25) is 0 Å². The Hall–Kier alpha value is -2.27. The van der Waals surface area contributed by atoms with E-state index in [0.717, 1.165) is 17.7 Å². The Morgan fingerprint density at radius 2 is 2.05 bits per heavy atom. The summed E-state index contributed by atoms with van der Waals surface area (Å²) in [4.78, 5) is 12.0. The van der Waals surface area contributed by atoms with Crippen LogP contribution in [0.25, 0.3) is 0 Å². The van der Waals surface area contributed by atoms with Gasteiger partial charge >= 0.3 is 6.03 Å². The van der Waals surface area contributed by atoms with Crippen molar-refractivity contribution < 1.29 is 13.9 Å². The van der Waals surface area contributed by atoms with Gasteiger partial charge in [0.05, 0.1) is 18.8 Å². The summed E-state index contributed by atoms with van der Waals surface area (Å²) in [5.74, 6) is 0.729. The number of carbonyl (C=O) groups is 1. The van der Waals surface area contributed by atoms with Crippen molar-refractivity contribution in [1.82, 2.24) is 10.6 Å². The molecular weight excluding hydrogens is 268 g/mol. The Kier molecular flexibility index (Phi) is 4.21. The standard InChI is InChI=1S/C16H18N2O3/c19-16(17-11-13-7-4-9-20-13)18-14-8-10-21-15(14)12-5-2-1-3-6-12/h1-7,9,14-15H,8,10-11H2,(H2,17,18,19). The largest absolute Gasteiger partial charge is 0.467 e. The Labute approximate surface area is 123 Å². The molecule has 21 heavy (non-hydrogen) atoms. The number of amides is 2. The molecule has 2 aromatic rings. The first-order valence-corrected chi connectivity index (χ1v) is 7.06. The minimum atomic E-state index is -0.206. The molecular formula is C16H18N2O3. The molecule has 5 heteroatoms. The van der Waals surface area contributed by atoms with Gasteiger partial charge in [0.25, 0.3) is 0 Å². The third-order valence-corrected chi connectivity index (χ3v) is 3.54. The van der Waals surface area contributed by atoms with Crippen molar-refractivity contribution >= 4 is 6.03 Å². The summed E-state index contributed by atoms with van der Waals surface area (Å²) < 4.78 is 10.9. The molecule has 3 rings (SSSR count). The Morgan fingerprint density at radius 1 is 1.19 bits per heavy atom. The molecule has 1 aromatic heterocycles. The number of hydrogen-bond acceptors (Lipinski definition) is 3. The van der Waals surface area contributed by atoms with E-state index in [-0.39, 0.29) is 18.2 Å². The summed E-state index contributed by atoms with van der Waals surface area (Å²) in [6, 6.07) is 13.4. The van der Waals surface area contributed by atoms with Crippen LogP contribution in [0, 0.1) is 0 Å². The van der Waals surface area contributed by atoms with Crippen LogP contribution in [-0.4, -0.2) is 18.7 Å². The topological polar surface area (TPSA) is 63.5 Å². The van der Waals surface area contributed by atoms with Gasteiger partial charge in [-0.05, 0) is 24.1 Å². The molecule has 5 nitrogen and oxygen atoms in total. The predicted molar refractivity (Wildman–Crippen MR) is 77.6 cm³/mol. The molecule has 2 atom stereocenters. The number of benzene rings is 1. The first kappa shape index (κ1) is 13.7. The van der Waals surface area contributed by atoms with Gasteiger partial charge in [0.1, 0.15) is 11.9 Å². The lowest BCUT2D eigenvalue weighted by atomic mass is 10.0. The van der Waals surface area contributed by atoms with Crippen LogP contribution in [0.2, 0.25) is 0 Å². The monoisotopic (exact) mass is 286 g/mol. The number of furan rings is 1. The van der Waals surface area contributed by atoms with Crippen LogP contribution in [0.15, 0.2) is 53.1 Å². The van der Waals surface area contributed by atoms with E-state index in [4.69, 9.17) is 9.15 Å². The smallest absolute Gasteiger partial charge is 0.315 e. The number of ether oxygens (including phenoxy) is 1. The second kappa shape index (κ2) is 6.45. The molecule has 0 bridgehead atoms. The van der Waals surface area contributed by atoms with Crippen molar-refractivity contribution in [2.45, 2.75) is 25.1 Å². The SMILES string of the molecule is O=C(NCc1ccco1)NC1CCOC1c1ccccc1. The van der Waals surface area contributed by atoms with Crippen molar-refractivity contribution in [3.8, 4) is 0 Å². The van der Waals surface area contributed by atoms with Crippen LogP contribution in [0.4, 0.5) is 4.79 Å². The van der Waals surface area contributed by atoms with E-state index in [1.54, 1.807) is 12.3 Å². The predicted octanol–water partition coefficient (Wildman–Crippen LogP) is 2.61. The normalized spacial score (nSPS) is 21.1. The molecule has 0 saturated carbocycles. The van der Waals surface area contributed by atoms with E-state index < -0.39 is 0 Å². The highest BCUT2D eigenvalue weighted by atomic mass is 16.5. The van der Waals surface area contributed by atoms with Crippen molar-refractivity contribution in [2.24, 2.45) is 0 Å². The summed E-state index contributed by atoms with van der Waals surface area (Å²) in [6.45, 7) is 1.03. The van der Waals surface area contributed by atoms with Gasteiger partial charge in [-0.2, -0.15) is 0 Å². The molecule has 2 amide bonds. The van der Waals surface area contributed by atoms with Gasteiger partial charge in [-0.3, -0.25) is 0 Å². The molecule has 2 heterocycles. The summed E-state index contributed by atoms with van der Waals surface area (Å²) >= 11 is 0. The lowest BCUT2D eigenvalue weighted by Gasteiger charge is -2.20. The molecule has 1 saturated heterocycles. The highest BCUT2D eigenvalue weighted by Crippen LogP contribution is 2.28. The lowest BCUT2D eigenvalue weighted by Crippen LogP contribution is -2.43. The van der Waals surface area contributed by atoms with Gasteiger partial charge in [-0.1, -0.05) is 30.3 Å². The number of hydrogen-bond donors (Lipinski definition) is 2. The fraction of sp³-hybridized carbons (Fsp3) is 0.312. The average Bonchev–Trinajstić information content (AvgIpc) is 3.17. The van der Waals surface area contributed by atoms with E-state index in [1.807, 2.05) is 36.4 Å². The fourth-order valence-electron chi connectivity index (χ4n) is 2.51. The Bertz CT molecular complexity index is 568. The second-order valence-corrected chi connectivity index (χ2v) is 5.00. The zero-order chi connectivity index (χ0) is 14.5. The minimum Gasteiger partial charge on any atom is -0.467 e. The molecule has 2 N–H and O–H groups in total. The molecule has 2 unspecified atom stereocenters. The third-order valence-electron chi connectivity index (χ3n) is 3.54. The van der Waals surface area contributed by atoms with Gasteiger partial charge in [-0.15, -0.1) is 0 Å². The van der Waals surface area contributed by atoms with Crippen molar-refractivity contribution in [3.63, 3.8) is 0 Å². The zero-order valence-corrected chi connectivity index (χ0v) is 11.6. The first-order chi connectivity index (χ1) is 10.3. The van der Waals surface area contributed by atoms with Gasteiger partial charge in [0, 0.05) is 6.61 Å². The van der Waals surface area contributed by atoms with Crippen molar-refractivity contribution in [2.75, 3.05) is 6.61 Å². The zero-order valence-electron chi connectivity index (χ0n) is 11.6. The molecule has 1 aliphatic heterocycles. The van der Waals surface area contributed by atoms with Crippen LogP contribution in [-0.2, 0) is 11.3 Å². The van der Waals surface area contributed by atoms with Gasteiger partial charge in [-0.25, -0.2) is 4.79 Å². The summed E-state index contributed by atoms with van der Waals surface area (Å²) in [7, 11) is 0. The molecule has 0 radical (unpaired) electrons. The highest BCUT2D eigenvalue weighted by molar-refractivity contribution is 5.74. The molecule has 0 spiro atoms. The third kappa shape index (κ3) is 3.44. The number of nitrogens with one attached hydrogen (secondary N) is 2. The lowest BCUT2D eigenvalue weighted by molar-refractivity contribution is 0.0999. The van der Waals surface area contributed by atoms with Crippen LogP contribution < -0.4 is 10.6 Å². The maximum absolute atomic E-state index is 12.0. The van der Waals surface area contributed by atoms with Gasteiger partial charge < -0.3 is 19.8 Å². The first-order valence-electron chi connectivity index (χ1n) is 7.06. The summed E-state index contributed by atoms with van der Waals surface area (Å²) in [5.41, 5.74) is 1.09. The quantitative estimate of drug-likeness (QED) is 0.908. The molecule has 1 aliphatic rings. The minimum absolute atomic E-state index is 0.0102. The fourth-order valence-corrected chi connectivity index (χ4v) is 2.51. The highest BCUT2D eigenvalue weighted by Gasteiger charge is 2.30. The van der Waals surface area contributed by atoms with Crippen LogP contribution in [0.1, 0.15) is 23.8 Å². The van der Waals surface area contributed by atoms with Gasteiger partial charge in [0.15, 0.2) is 0 Å². The number of rotatable bonds is 4. The number of urea groups is 1. The molecule has 0 aliphatic carbocycles. The van der Waals surface area contributed by atoms with Crippen LogP contribution in [0.3, 0.4) is 0 Å². The van der Waals surface area contributed by atoms with Crippen molar-refractivity contribution in [3.05, 3.63) is 60.1 Å². The number of carbonyl (C=O) groups excluding carboxylic acids is 1. The Morgan fingerprint density at radius 3 is 2.81 bits per heavy atom. The molecule has 110 valence electrons. The summed E-state index contributed by atoms with van der Waals surface area (Å²) in [5, 5.41) is 5.76. The maximum atomic E-state index is 12.0. The molecule has 1 fully saturated rings. The van der Waals surface area contributed by atoms with Crippen LogP contribution in [0.5, 0.6) is 0 Å². The van der Waals surface area contributed by atoms with Crippen LogP contribution >= 0.6 is 0 Å². The maximum Gasteiger partial charge on any atom is 0.315 e. The van der Waals surface area contributed by atoms with E-state index in [2.05, 4.69) is 10.6 Å². The summed E-state index contributed by atoms with van der Waals surface area (Å²) in [6.07, 6.45) is 2.32. The second-order valence-electron chi connectivity index (χ2n) is 5.00. The van der Waals surface area contributed by atoms with E-state index >= 15 is 0 Å². The van der Waals surface area contributed by atoms with E-state index in [1.165, 1.54) is 0 Å². The van der Waals surface area contributed by atoms with E-state index in [0.29, 0.717) is 13.2 Å². The molecule has 1 aromatic carbocycles. The average molecular weight is 286 g/mol. The van der Waals surface area contributed by atoms with Crippen molar-refractivity contribution in [1.29, 1.82) is 0 Å². The Balaban J connectivity index is 1.55. The van der Waals surface area contributed by atoms with E-state index in [9.17, 15) is 4.79 Å².